The maximum absolute atomic E-state index is 13.2. The molecule has 1 amide bonds. The number of halogens is 3. The summed E-state index contributed by atoms with van der Waals surface area (Å²) in [7, 11) is -4.08. The highest BCUT2D eigenvalue weighted by Gasteiger charge is 2.21. The molecule has 1 heterocycles. The number of hydrogen-bond acceptors (Lipinski definition) is 6. The van der Waals surface area contributed by atoms with Crippen molar-refractivity contribution in [1.82, 2.24) is 10.2 Å². The van der Waals surface area contributed by atoms with Crippen molar-refractivity contribution < 1.29 is 17.6 Å². The number of benzene rings is 2. The number of amides is 1. The van der Waals surface area contributed by atoms with Crippen LogP contribution in [0, 0.1) is 5.82 Å². The number of nitrogens with zero attached hydrogens (tertiary/aromatic N) is 2. The van der Waals surface area contributed by atoms with Gasteiger partial charge >= 0.3 is 0 Å². The summed E-state index contributed by atoms with van der Waals surface area (Å²) in [4.78, 5) is 12.1. The second-order valence-corrected chi connectivity index (χ2v) is 8.75. The zero-order valence-electron chi connectivity index (χ0n) is 13.1. The van der Waals surface area contributed by atoms with Crippen LogP contribution in [-0.4, -0.2) is 24.5 Å². The Morgan fingerprint density at radius 3 is 2.44 bits per heavy atom. The van der Waals surface area contributed by atoms with E-state index in [9.17, 15) is 17.6 Å². The van der Waals surface area contributed by atoms with Crippen molar-refractivity contribution in [2.75, 3.05) is 10.0 Å². The highest BCUT2D eigenvalue weighted by atomic mass is 35.5. The summed E-state index contributed by atoms with van der Waals surface area (Å²) in [5, 5.41) is 9.89. The summed E-state index contributed by atoms with van der Waals surface area (Å²) in [6, 6.07) is 9.47. The van der Waals surface area contributed by atoms with Gasteiger partial charge in [-0.3, -0.25) is 14.8 Å². The Kier molecular flexibility index (Phi) is 5.61. The van der Waals surface area contributed by atoms with Gasteiger partial charge in [0, 0.05) is 10.6 Å². The third kappa shape index (κ3) is 4.72. The van der Waals surface area contributed by atoms with Gasteiger partial charge in [0.15, 0.2) is 0 Å². The van der Waals surface area contributed by atoms with Crippen molar-refractivity contribution in [3.8, 4) is 0 Å². The third-order valence-corrected chi connectivity index (χ3v) is 6.26. The number of carbonyl (C=O) groups excluding carboxylic acids is 1. The molecule has 12 heteroatoms. The van der Waals surface area contributed by atoms with Gasteiger partial charge in [0.05, 0.1) is 10.7 Å². The highest BCUT2D eigenvalue weighted by Crippen LogP contribution is 2.25. The van der Waals surface area contributed by atoms with Crippen LogP contribution in [0.1, 0.15) is 10.4 Å². The molecule has 0 aliphatic carbocycles. The maximum atomic E-state index is 13.2. The predicted molar refractivity (Wildman–Crippen MR) is 102 cm³/mol. The molecule has 140 valence electrons. The standard InChI is InChI=1S/C15H9Cl2FN4O3S2/c16-9-3-1-8(2-4-9)13(23)19-14-20-21-15(26-14)27(24,25)22-10-5-6-12(18)11(17)7-10/h1-7,22H,(H,19,20,23). The summed E-state index contributed by atoms with van der Waals surface area (Å²) in [6.07, 6.45) is 0. The van der Waals surface area contributed by atoms with E-state index in [1.807, 2.05) is 0 Å². The van der Waals surface area contributed by atoms with Gasteiger partial charge in [0.1, 0.15) is 5.82 Å². The van der Waals surface area contributed by atoms with Crippen LogP contribution in [0.5, 0.6) is 0 Å². The fourth-order valence-electron chi connectivity index (χ4n) is 1.90. The average molecular weight is 447 g/mol. The monoisotopic (exact) mass is 446 g/mol. The van der Waals surface area contributed by atoms with Crippen molar-refractivity contribution in [1.29, 1.82) is 0 Å². The van der Waals surface area contributed by atoms with Gasteiger partial charge in [-0.25, -0.2) is 4.39 Å². The molecule has 0 saturated heterocycles. The second kappa shape index (κ2) is 7.77. The summed E-state index contributed by atoms with van der Waals surface area (Å²) in [6.45, 7) is 0. The largest absolute Gasteiger partial charge is 0.296 e. The number of aromatic nitrogens is 2. The van der Waals surface area contributed by atoms with Crippen molar-refractivity contribution in [3.63, 3.8) is 0 Å². The average Bonchev–Trinajstić information content (AvgIpc) is 3.08. The van der Waals surface area contributed by atoms with Crippen LogP contribution in [0.15, 0.2) is 46.8 Å². The van der Waals surface area contributed by atoms with Crippen LogP contribution in [0.2, 0.25) is 10.0 Å². The molecule has 2 N–H and O–H groups in total. The van der Waals surface area contributed by atoms with Crippen molar-refractivity contribution >= 4 is 61.3 Å². The molecule has 3 rings (SSSR count). The first-order valence-corrected chi connectivity index (χ1v) is 10.2. The highest BCUT2D eigenvalue weighted by molar-refractivity contribution is 7.94. The molecule has 0 bridgehead atoms. The van der Waals surface area contributed by atoms with E-state index in [0.29, 0.717) is 21.9 Å². The van der Waals surface area contributed by atoms with E-state index in [2.05, 4.69) is 20.2 Å². The minimum Gasteiger partial charge on any atom is -0.296 e. The number of anilines is 2. The molecular formula is C15H9Cl2FN4O3S2. The SMILES string of the molecule is O=C(Nc1nnc(S(=O)(=O)Nc2ccc(F)c(Cl)c2)s1)c1ccc(Cl)cc1. The molecule has 27 heavy (non-hydrogen) atoms. The number of nitrogens with one attached hydrogen (secondary N) is 2. The lowest BCUT2D eigenvalue weighted by atomic mass is 10.2. The Balaban J connectivity index is 1.74. The molecule has 0 radical (unpaired) electrons. The summed E-state index contributed by atoms with van der Waals surface area (Å²) >= 11 is 12.0. The lowest BCUT2D eigenvalue weighted by Gasteiger charge is -2.05. The van der Waals surface area contributed by atoms with Gasteiger partial charge in [-0.05, 0) is 42.5 Å². The van der Waals surface area contributed by atoms with Gasteiger partial charge in [0.2, 0.25) is 5.13 Å². The van der Waals surface area contributed by atoms with Gasteiger partial charge in [-0.15, -0.1) is 10.2 Å². The maximum Gasteiger partial charge on any atom is 0.291 e. The molecule has 2 aromatic carbocycles. The van der Waals surface area contributed by atoms with Crippen LogP contribution in [-0.2, 0) is 10.0 Å². The van der Waals surface area contributed by atoms with Gasteiger partial charge in [-0.1, -0.05) is 34.5 Å². The van der Waals surface area contributed by atoms with Crippen molar-refractivity contribution in [2.24, 2.45) is 0 Å². The van der Waals surface area contributed by atoms with E-state index in [1.54, 1.807) is 12.1 Å². The third-order valence-electron chi connectivity index (χ3n) is 3.14. The smallest absolute Gasteiger partial charge is 0.291 e. The zero-order valence-corrected chi connectivity index (χ0v) is 16.3. The first-order valence-electron chi connectivity index (χ1n) is 7.13. The van der Waals surface area contributed by atoms with Crippen molar-refractivity contribution in [2.45, 2.75) is 4.34 Å². The minimum atomic E-state index is -4.08. The molecule has 0 fully saturated rings. The van der Waals surface area contributed by atoms with Crippen LogP contribution in [0.25, 0.3) is 0 Å². The Labute approximate surface area is 167 Å². The summed E-state index contributed by atoms with van der Waals surface area (Å²) in [5.74, 6) is -1.17. The first kappa shape index (κ1) is 19.5. The molecule has 0 saturated carbocycles. The number of rotatable bonds is 5. The lowest BCUT2D eigenvalue weighted by molar-refractivity contribution is 0.102. The molecular weight excluding hydrogens is 438 g/mol. The van der Waals surface area contributed by atoms with E-state index in [1.165, 1.54) is 18.2 Å². The van der Waals surface area contributed by atoms with Crippen LogP contribution in [0.4, 0.5) is 15.2 Å². The normalized spacial score (nSPS) is 11.2. The molecule has 0 aliphatic rings. The van der Waals surface area contributed by atoms with E-state index < -0.39 is 21.7 Å². The quantitative estimate of drug-likeness (QED) is 0.575. The van der Waals surface area contributed by atoms with E-state index in [4.69, 9.17) is 23.2 Å². The first-order chi connectivity index (χ1) is 12.7. The Bertz CT molecular complexity index is 1100. The molecule has 0 unspecified atom stereocenters. The number of carbonyl (C=O) groups is 1. The summed E-state index contributed by atoms with van der Waals surface area (Å²) in [5.41, 5.74) is 0.376. The van der Waals surface area contributed by atoms with E-state index in [-0.39, 0.29) is 20.2 Å². The molecule has 0 atom stereocenters. The van der Waals surface area contributed by atoms with Gasteiger partial charge < -0.3 is 0 Å². The van der Waals surface area contributed by atoms with E-state index >= 15 is 0 Å². The zero-order chi connectivity index (χ0) is 19.6. The fourth-order valence-corrected chi connectivity index (χ4v) is 4.15. The Morgan fingerprint density at radius 2 is 1.78 bits per heavy atom. The topological polar surface area (TPSA) is 101 Å². The predicted octanol–water partition coefficient (Wildman–Crippen LogP) is 4.04. The Hall–Kier alpha value is -2.27. The van der Waals surface area contributed by atoms with Crippen LogP contribution < -0.4 is 10.0 Å². The second-order valence-electron chi connectivity index (χ2n) is 5.07. The van der Waals surface area contributed by atoms with Crippen LogP contribution >= 0.6 is 34.5 Å². The molecule has 1 aromatic heterocycles. The molecule has 0 spiro atoms. The molecule has 3 aromatic rings. The molecule has 7 nitrogen and oxygen atoms in total. The van der Waals surface area contributed by atoms with E-state index in [0.717, 1.165) is 12.1 Å². The van der Waals surface area contributed by atoms with Gasteiger partial charge in [0.25, 0.3) is 20.3 Å². The fraction of sp³-hybridized carbons (Fsp3) is 0. The summed E-state index contributed by atoms with van der Waals surface area (Å²) < 4.78 is 39.7. The minimum absolute atomic E-state index is 0.00698. The van der Waals surface area contributed by atoms with Crippen LogP contribution in [0.3, 0.4) is 0 Å². The Morgan fingerprint density at radius 1 is 1.07 bits per heavy atom. The van der Waals surface area contributed by atoms with Gasteiger partial charge in [-0.2, -0.15) is 8.42 Å². The lowest BCUT2D eigenvalue weighted by Crippen LogP contribution is -2.12. The van der Waals surface area contributed by atoms with Crippen molar-refractivity contribution in [3.05, 3.63) is 63.9 Å². The molecule has 0 aliphatic heterocycles. The number of sulfonamides is 1. The number of hydrogen-bond donors (Lipinski definition) is 2.